The number of H-pyrrole nitrogens is 1. The Morgan fingerprint density at radius 1 is 1.43 bits per heavy atom. The van der Waals surface area contributed by atoms with Crippen molar-refractivity contribution >= 4 is 35.5 Å². The van der Waals surface area contributed by atoms with Gasteiger partial charge in [-0.05, 0) is 18.1 Å². The van der Waals surface area contributed by atoms with Crippen molar-refractivity contribution in [2.75, 3.05) is 0 Å². The van der Waals surface area contributed by atoms with Gasteiger partial charge in [0.1, 0.15) is 5.69 Å². The number of carboxylic acid groups (broad SMARTS) is 1. The quantitative estimate of drug-likeness (QED) is 0.454. The zero-order chi connectivity index (χ0) is 17.2. The summed E-state index contributed by atoms with van der Waals surface area (Å²) in [6.07, 6.45) is 3.84. The van der Waals surface area contributed by atoms with Gasteiger partial charge < -0.3 is 15.8 Å². The van der Waals surface area contributed by atoms with Crippen LogP contribution in [0.1, 0.15) is 23.0 Å². The topological polar surface area (TPSA) is 121 Å². The van der Waals surface area contributed by atoms with E-state index in [1.54, 1.807) is 0 Å². The Hall–Kier alpha value is -3.22. The van der Waals surface area contributed by atoms with Crippen LogP contribution >= 0.6 is 0 Å². The first kappa shape index (κ1) is 17.8. The summed E-state index contributed by atoms with van der Waals surface area (Å²) >= 11 is 0. The fraction of sp³-hybridized carbons (Fsp3) is 0.125. The number of para-hydroxylation sites is 1. The van der Waals surface area contributed by atoms with E-state index in [4.69, 9.17) is 10.8 Å². The second-order valence-electron chi connectivity index (χ2n) is 4.29. The molecule has 1 aromatic heterocycles. The Bertz CT molecular complexity index is 760. The van der Waals surface area contributed by atoms with Crippen LogP contribution in [0.15, 0.2) is 46.9 Å². The van der Waals surface area contributed by atoms with Crippen molar-refractivity contribution in [2.24, 2.45) is 15.7 Å². The molecule has 0 saturated heterocycles. The molecule has 0 atom stereocenters. The number of nitrogens with two attached hydrogens (primary N) is 1. The fourth-order valence-corrected chi connectivity index (χ4v) is 1.97. The highest BCUT2D eigenvalue weighted by Crippen LogP contribution is 2.22. The maximum atomic E-state index is 10.9. The second kappa shape index (κ2) is 8.93. The number of allylic oxidation sites excluding steroid dienone is 1. The molecule has 0 spiro atoms. The second-order valence-corrected chi connectivity index (χ2v) is 4.29. The molecule has 2 aromatic rings. The van der Waals surface area contributed by atoms with Crippen LogP contribution in [0.2, 0.25) is 0 Å². The van der Waals surface area contributed by atoms with E-state index >= 15 is 0 Å². The average Bonchev–Trinajstić information content (AvgIpc) is 2.92. The molecule has 0 fully saturated rings. The molecule has 4 N–H and O–H groups in total. The van der Waals surface area contributed by atoms with Crippen LogP contribution in [0.3, 0.4) is 0 Å². The van der Waals surface area contributed by atoms with E-state index in [2.05, 4.69) is 21.5 Å². The lowest BCUT2D eigenvalue weighted by Gasteiger charge is -1.94. The van der Waals surface area contributed by atoms with Crippen molar-refractivity contribution in [1.29, 1.82) is 0 Å². The van der Waals surface area contributed by atoms with E-state index in [9.17, 15) is 9.59 Å². The molecule has 23 heavy (non-hydrogen) atoms. The van der Waals surface area contributed by atoms with Gasteiger partial charge in [-0.25, -0.2) is 9.79 Å². The molecular weight excluding hydrogens is 296 g/mol. The number of aromatic nitrogens is 1. The highest BCUT2D eigenvalue weighted by atomic mass is 16.4. The van der Waals surface area contributed by atoms with Gasteiger partial charge in [-0.1, -0.05) is 37.8 Å². The van der Waals surface area contributed by atoms with Crippen LogP contribution < -0.4 is 5.73 Å². The predicted octanol–water partition coefficient (Wildman–Crippen LogP) is 2.14. The molecule has 0 aliphatic heterocycles. The Kier molecular flexibility index (Phi) is 6.93. The van der Waals surface area contributed by atoms with Gasteiger partial charge >= 0.3 is 5.97 Å². The number of carbonyl (C=O) groups is 2. The molecule has 120 valence electrons. The molecule has 0 aliphatic carbocycles. The van der Waals surface area contributed by atoms with Crippen molar-refractivity contribution < 1.29 is 14.7 Å². The summed E-state index contributed by atoms with van der Waals surface area (Å²) in [5, 5.41) is 9.97. The standard InChI is InChI=1S/C11H11NO2.C5H7N3O/c1-2-7-8-5-3-4-6-9(8)12-10(7)11(13)14;1-2-3-7-5(6)8-4-9/h3-6,12H,2H2,1H3,(H,13,14);2-4H,1H2,(H2,6,8,9)/b;7-3-. The van der Waals surface area contributed by atoms with Gasteiger partial charge in [0.15, 0.2) is 0 Å². The summed E-state index contributed by atoms with van der Waals surface area (Å²) in [7, 11) is 0. The number of nitrogens with one attached hydrogen (secondary N) is 1. The molecule has 7 nitrogen and oxygen atoms in total. The zero-order valence-corrected chi connectivity index (χ0v) is 12.7. The molecule has 1 amide bonds. The van der Waals surface area contributed by atoms with E-state index in [1.165, 1.54) is 12.3 Å². The molecular formula is C16H18N4O3. The largest absolute Gasteiger partial charge is 0.477 e. The third-order valence-corrected chi connectivity index (χ3v) is 2.88. The molecule has 0 unspecified atom stereocenters. The number of aryl methyl sites for hydroxylation is 1. The van der Waals surface area contributed by atoms with Crippen LogP contribution in [0.4, 0.5) is 0 Å². The number of amides is 1. The van der Waals surface area contributed by atoms with Crippen molar-refractivity contribution in [2.45, 2.75) is 13.3 Å². The van der Waals surface area contributed by atoms with Gasteiger partial charge in [0, 0.05) is 17.1 Å². The van der Waals surface area contributed by atoms with E-state index in [0.29, 0.717) is 12.1 Å². The number of rotatable bonds is 4. The average molecular weight is 314 g/mol. The number of fused-ring (bicyclic) bond motifs is 1. The molecule has 0 radical (unpaired) electrons. The normalized spacial score (nSPS) is 11.1. The van der Waals surface area contributed by atoms with Crippen LogP contribution in [0.5, 0.6) is 0 Å². The van der Waals surface area contributed by atoms with Crippen molar-refractivity contribution in [1.82, 2.24) is 4.98 Å². The van der Waals surface area contributed by atoms with Gasteiger partial charge in [-0.15, -0.1) is 0 Å². The minimum atomic E-state index is -0.891. The summed E-state index contributed by atoms with van der Waals surface area (Å²) < 4.78 is 0. The summed E-state index contributed by atoms with van der Waals surface area (Å²) in [5.74, 6) is -0.956. The van der Waals surface area contributed by atoms with Gasteiger partial charge in [0.2, 0.25) is 12.4 Å². The van der Waals surface area contributed by atoms with Crippen LogP contribution in [0, 0.1) is 0 Å². The first-order valence-corrected chi connectivity index (χ1v) is 6.80. The lowest BCUT2D eigenvalue weighted by Crippen LogP contribution is -2.07. The molecule has 7 heteroatoms. The number of hydrogen-bond donors (Lipinski definition) is 3. The first-order valence-electron chi connectivity index (χ1n) is 6.80. The number of aromatic amines is 1. The van der Waals surface area contributed by atoms with E-state index in [1.807, 2.05) is 31.2 Å². The minimum Gasteiger partial charge on any atom is -0.477 e. The Morgan fingerprint density at radius 2 is 2.13 bits per heavy atom. The molecule has 0 bridgehead atoms. The third kappa shape index (κ3) is 4.92. The van der Waals surface area contributed by atoms with Crippen molar-refractivity contribution in [3.05, 3.63) is 48.2 Å². The number of guanidine groups is 1. The number of benzene rings is 1. The van der Waals surface area contributed by atoms with E-state index < -0.39 is 5.97 Å². The molecule has 1 heterocycles. The Balaban J connectivity index is 0.000000257. The number of nitrogens with zero attached hydrogens (tertiary/aromatic N) is 2. The third-order valence-electron chi connectivity index (χ3n) is 2.88. The number of aliphatic imine (C=N–C) groups is 2. The molecule has 0 saturated carbocycles. The van der Waals surface area contributed by atoms with Crippen LogP contribution in [-0.2, 0) is 11.2 Å². The fourth-order valence-electron chi connectivity index (χ4n) is 1.97. The maximum absolute atomic E-state index is 10.9. The highest BCUT2D eigenvalue weighted by Gasteiger charge is 2.14. The van der Waals surface area contributed by atoms with Gasteiger partial charge in [0.25, 0.3) is 0 Å². The number of carboxylic acids is 1. The van der Waals surface area contributed by atoms with Gasteiger partial charge in [-0.3, -0.25) is 4.79 Å². The molecule has 2 rings (SSSR count). The summed E-state index contributed by atoms with van der Waals surface area (Å²) in [4.78, 5) is 30.1. The van der Waals surface area contributed by atoms with Crippen molar-refractivity contribution in [3.63, 3.8) is 0 Å². The SMILES string of the molecule is C=C/C=N\C(N)=NC=O.CCc1c(C(=O)O)[nH]c2ccccc12. The number of hydrogen-bond acceptors (Lipinski definition) is 2. The van der Waals surface area contributed by atoms with Crippen LogP contribution in [-0.4, -0.2) is 34.6 Å². The summed E-state index contributed by atoms with van der Waals surface area (Å²) in [5.41, 5.74) is 7.13. The monoisotopic (exact) mass is 314 g/mol. The number of carbonyl (C=O) groups excluding carboxylic acids is 1. The minimum absolute atomic E-state index is 0.0649. The predicted molar refractivity (Wildman–Crippen MR) is 91.0 cm³/mol. The van der Waals surface area contributed by atoms with Crippen molar-refractivity contribution in [3.8, 4) is 0 Å². The first-order chi connectivity index (χ1) is 11.0. The lowest BCUT2D eigenvalue weighted by molar-refractivity contribution is -0.106. The smallest absolute Gasteiger partial charge is 0.352 e. The Labute approximate surface area is 133 Å². The summed E-state index contributed by atoms with van der Waals surface area (Å²) in [6, 6.07) is 7.64. The molecule has 0 aliphatic rings. The van der Waals surface area contributed by atoms with E-state index in [-0.39, 0.29) is 5.96 Å². The highest BCUT2D eigenvalue weighted by molar-refractivity contribution is 5.97. The maximum Gasteiger partial charge on any atom is 0.352 e. The van der Waals surface area contributed by atoms with Crippen LogP contribution in [0.25, 0.3) is 10.9 Å². The van der Waals surface area contributed by atoms with Gasteiger partial charge in [-0.2, -0.15) is 4.99 Å². The van der Waals surface area contributed by atoms with Gasteiger partial charge in [0.05, 0.1) is 0 Å². The number of aromatic carboxylic acids is 1. The van der Waals surface area contributed by atoms with E-state index in [0.717, 1.165) is 22.9 Å². The summed E-state index contributed by atoms with van der Waals surface area (Å²) in [6.45, 7) is 5.30. The zero-order valence-electron chi connectivity index (χ0n) is 12.7. The molecule has 1 aromatic carbocycles. The lowest BCUT2D eigenvalue weighted by atomic mass is 10.1. The Morgan fingerprint density at radius 3 is 2.70 bits per heavy atom.